The molecule has 1 aliphatic heterocycles. The van der Waals surface area contributed by atoms with E-state index in [0.717, 1.165) is 6.42 Å². The largest absolute Gasteiger partial charge is 0.481 e. The number of carboxylic acid groups (broad SMARTS) is 1. The highest BCUT2D eigenvalue weighted by Crippen LogP contribution is 2.36. The van der Waals surface area contributed by atoms with Crippen molar-refractivity contribution in [3.63, 3.8) is 0 Å². The predicted octanol–water partition coefficient (Wildman–Crippen LogP) is 2.08. The van der Waals surface area contributed by atoms with Gasteiger partial charge in [-0.05, 0) is 31.4 Å². The van der Waals surface area contributed by atoms with E-state index in [2.05, 4.69) is 24.0 Å². The normalized spacial score (nSPS) is 20.7. The summed E-state index contributed by atoms with van der Waals surface area (Å²) in [4.78, 5) is 13.2. The van der Waals surface area contributed by atoms with Gasteiger partial charge in [0.05, 0.1) is 5.92 Å². The number of benzene rings is 1. The molecule has 86 valence electrons. The molecule has 3 heteroatoms. The zero-order valence-corrected chi connectivity index (χ0v) is 9.90. The summed E-state index contributed by atoms with van der Waals surface area (Å²) in [7, 11) is 1.99. The second kappa shape index (κ2) is 3.81. The first-order valence-electron chi connectivity index (χ1n) is 5.56. The van der Waals surface area contributed by atoms with Crippen molar-refractivity contribution < 1.29 is 9.90 Å². The number of hydrogen-bond acceptors (Lipinski definition) is 2. The number of likely N-dealkylation sites (N-methyl/N-ethyl adjacent to an activating group) is 1. The lowest BCUT2D eigenvalue weighted by Crippen LogP contribution is -2.37. The summed E-state index contributed by atoms with van der Waals surface area (Å²) in [5, 5.41) is 9.08. The second-order valence-corrected chi connectivity index (χ2v) is 4.59. The van der Waals surface area contributed by atoms with E-state index in [1.165, 1.54) is 16.8 Å². The molecule has 0 bridgehead atoms. The molecule has 16 heavy (non-hydrogen) atoms. The highest BCUT2D eigenvalue weighted by atomic mass is 16.4. The van der Waals surface area contributed by atoms with Crippen molar-refractivity contribution >= 4 is 11.7 Å². The maximum Gasteiger partial charge on any atom is 0.308 e. The summed E-state index contributed by atoms with van der Waals surface area (Å²) in [6.45, 7) is 3.86. The number of rotatable bonds is 2. The molecular weight excluding hydrogens is 202 g/mol. The summed E-state index contributed by atoms with van der Waals surface area (Å²) in [6.07, 6.45) is 0.834. The van der Waals surface area contributed by atoms with Crippen LogP contribution in [0.3, 0.4) is 0 Å². The van der Waals surface area contributed by atoms with Crippen LogP contribution < -0.4 is 4.90 Å². The van der Waals surface area contributed by atoms with Crippen molar-refractivity contribution in [2.45, 2.75) is 26.3 Å². The number of anilines is 1. The van der Waals surface area contributed by atoms with E-state index in [1.807, 2.05) is 13.1 Å². The first-order chi connectivity index (χ1) is 7.52. The number of nitrogens with zero attached hydrogens (tertiary/aromatic N) is 1. The summed E-state index contributed by atoms with van der Waals surface area (Å²) in [5.74, 6) is -1.06. The van der Waals surface area contributed by atoms with Gasteiger partial charge >= 0.3 is 5.97 Å². The van der Waals surface area contributed by atoms with E-state index in [0.29, 0.717) is 0 Å². The Bertz CT molecular complexity index is 428. The van der Waals surface area contributed by atoms with Gasteiger partial charge in [-0.3, -0.25) is 4.79 Å². The zero-order chi connectivity index (χ0) is 11.9. The fraction of sp³-hybridized carbons (Fsp3) is 0.462. The number of hydrogen-bond donors (Lipinski definition) is 1. The van der Waals surface area contributed by atoms with Gasteiger partial charge in [0.15, 0.2) is 0 Å². The van der Waals surface area contributed by atoms with E-state index in [9.17, 15) is 4.79 Å². The van der Waals surface area contributed by atoms with E-state index in [-0.39, 0.29) is 12.0 Å². The van der Waals surface area contributed by atoms with Crippen LogP contribution in [-0.4, -0.2) is 24.2 Å². The Kier molecular flexibility index (Phi) is 2.62. The minimum Gasteiger partial charge on any atom is -0.481 e. The average molecular weight is 219 g/mol. The Hall–Kier alpha value is -1.51. The van der Waals surface area contributed by atoms with Gasteiger partial charge in [-0.1, -0.05) is 18.2 Å². The Labute approximate surface area is 95.7 Å². The topological polar surface area (TPSA) is 40.5 Å². The van der Waals surface area contributed by atoms with Crippen molar-refractivity contribution in [2.75, 3.05) is 11.9 Å². The van der Waals surface area contributed by atoms with Crippen molar-refractivity contribution in [2.24, 2.45) is 5.92 Å². The van der Waals surface area contributed by atoms with E-state index in [4.69, 9.17) is 5.11 Å². The maximum absolute atomic E-state index is 11.0. The monoisotopic (exact) mass is 219 g/mol. The number of aryl methyl sites for hydroxylation is 1. The Morgan fingerprint density at radius 2 is 2.25 bits per heavy atom. The van der Waals surface area contributed by atoms with Crippen LogP contribution in [0.25, 0.3) is 0 Å². The SMILES string of the molecule is Cc1cccc2c1N(C)C(C(C)C(=O)O)C2. The van der Waals surface area contributed by atoms with Crippen molar-refractivity contribution in [1.29, 1.82) is 0 Å². The third-order valence-corrected chi connectivity index (χ3v) is 3.57. The first-order valence-corrected chi connectivity index (χ1v) is 5.56. The molecule has 1 heterocycles. The Morgan fingerprint density at radius 1 is 1.56 bits per heavy atom. The van der Waals surface area contributed by atoms with E-state index < -0.39 is 5.97 Å². The van der Waals surface area contributed by atoms with Crippen molar-refractivity contribution in [1.82, 2.24) is 0 Å². The summed E-state index contributed by atoms with van der Waals surface area (Å²) < 4.78 is 0. The molecule has 2 atom stereocenters. The van der Waals surface area contributed by atoms with Gasteiger partial charge in [-0.25, -0.2) is 0 Å². The lowest BCUT2D eigenvalue weighted by molar-refractivity contribution is -0.141. The van der Waals surface area contributed by atoms with Crippen LogP contribution in [0.15, 0.2) is 18.2 Å². The van der Waals surface area contributed by atoms with Gasteiger partial charge < -0.3 is 10.0 Å². The fourth-order valence-electron chi connectivity index (χ4n) is 2.59. The molecule has 0 saturated carbocycles. The molecule has 1 aliphatic rings. The highest BCUT2D eigenvalue weighted by molar-refractivity contribution is 5.74. The van der Waals surface area contributed by atoms with Gasteiger partial charge in [-0.15, -0.1) is 0 Å². The standard InChI is InChI=1S/C13H17NO2/c1-8-5-4-6-10-7-11(9(2)13(15)16)14(3)12(8)10/h4-6,9,11H,7H2,1-3H3,(H,15,16). The molecule has 1 aromatic rings. The number of para-hydroxylation sites is 1. The molecule has 1 N–H and O–H groups in total. The zero-order valence-electron chi connectivity index (χ0n) is 9.90. The summed E-state index contributed by atoms with van der Waals surface area (Å²) >= 11 is 0. The molecule has 0 amide bonds. The summed E-state index contributed by atoms with van der Waals surface area (Å²) in [6, 6.07) is 6.28. The molecule has 0 fully saturated rings. The molecular formula is C13H17NO2. The number of carbonyl (C=O) groups is 1. The van der Waals surface area contributed by atoms with Crippen LogP contribution in [0.1, 0.15) is 18.1 Å². The number of fused-ring (bicyclic) bond motifs is 1. The van der Waals surface area contributed by atoms with Crippen LogP contribution in [-0.2, 0) is 11.2 Å². The average Bonchev–Trinajstić information content (AvgIpc) is 2.56. The molecule has 0 saturated heterocycles. The lowest BCUT2D eigenvalue weighted by atomic mass is 9.98. The number of aliphatic carboxylic acids is 1. The van der Waals surface area contributed by atoms with Gasteiger partial charge in [0.25, 0.3) is 0 Å². The van der Waals surface area contributed by atoms with Gasteiger partial charge in [0.2, 0.25) is 0 Å². The fourth-order valence-corrected chi connectivity index (χ4v) is 2.59. The van der Waals surface area contributed by atoms with Crippen LogP contribution in [0.2, 0.25) is 0 Å². The van der Waals surface area contributed by atoms with Crippen LogP contribution in [0.4, 0.5) is 5.69 Å². The molecule has 3 nitrogen and oxygen atoms in total. The van der Waals surface area contributed by atoms with Crippen molar-refractivity contribution in [3.8, 4) is 0 Å². The molecule has 0 spiro atoms. The van der Waals surface area contributed by atoms with E-state index >= 15 is 0 Å². The molecule has 2 rings (SSSR count). The van der Waals surface area contributed by atoms with E-state index in [1.54, 1.807) is 6.92 Å². The predicted molar refractivity (Wildman–Crippen MR) is 63.9 cm³/mol. The lowest BCUT2D eigenvalue weighted by Gasteiger charge is -2.26. The molecule has 0 radical (unpaired) electrons. The second-order valence-electron chi connectivity index (χ2n) is 4.59. The minimum atomic E-state index is -0.720. The number of carboxylic acids is 1. The molecule has 2 unspecified atom stereocenters. The Morgan fingerprint density at radius 3 is 2.81 bits per heavy atom. The van der Waals surface area contributed by atoms with Crippen molar-refractivity contribution in [3.05, 3.63) is 29.3 Å². The molecule has 1 aromatic carbocycles. The van der Waals surface area contributed by atoms with Gasteiger partial charge in [0.1, 0.15) is 0 Å². The quantitative estimate of drug-likeness (QED) is 0.827. The minimum absolute atomic E-state index is 0.0774. The van der Waals surface area contributed by atoms with Gasteiger partial charge in [-0.2, -0.15) is 0 Å². The Balaban J connectivity index is 2.34. The highest BCUT2D eigenvalue weighted by Gasteiger charge is 2.34. The molecule has 0 aliphatic carbocycles. The smallest absolute Gasteiger partial charge is 0.308 e. The third kappa shape index (κ3) is 1.56. The van der Waals surface area contributed by atoms with Crippen LogP contribution in [0.5, 0.6) is 0 Å². The maximum atomic E-state index is 11.0. The van der Waals surface area contributed by atoms with Crippen LogP contribution >= 0.6 is 0 Å². The van der Waals surface area contributed by atoms with Crippen LogP contribution in [0, 0.1) is 12.8 Å². The summed E-state index contributed by atoms with van der Waals surface area (Å²) in [5.41, 5.74) is 3.70. The first kappa shape index (κ1) is 11.0. The molecule has 0 aromatic heterocycles. The third-order valence-electron chi connectivity index (χ3n) is 3.57. The van der Waals surface area contributed by atoms with Gasteiger partial charge in [0, 0.05) is 18.8 Å².